The van der Waals surface area contributed by atoms with Crippen LogP contribution in [0.1, 0.15) is 25.0 Å². The number of esters is 1. The van der Waals surface area contributed by atoms with Crippen molar-refractivity contribution in [1.82, 2.24) is 0 Å². The van der Waals surface area contributed by atoms with Crippen molar-refractivity contribution in [3.63, 3.8) is 0 Å². The lowest BCUT2D eigenvalue weighted by atomic mass is 9.99. The molecule has 0 unspecified atom stereocenters. The molecule has 24 heavy (non-hydrogen) atoms. The third kappa shape index (κ3) is 4.85. The fourth-order valence-corrected chi connectivity index (χ4v) is 2.26. The molecular weight excluding hydrogens is 300 g/mol. The van der Waals surface area contributed by atoms with Crippen molar-refractivity contribution < 1.29 is 14.6 Å². The Balaban J connectivity index is 2.22. The normalized spacial score (nSPS) is 10.6. The van der Waals surface area contributed by atoms with Crippen LogP contribution < -0.4 is 0 Å². The fraction of sp³-hybridized carbons (Fsp3) is 0.190. The summed E-state index contributed by atoms with van der Waals surface area (Å²) in [4.78, 5) is 11.1. The number of benzene rings is 2. The van der Waals surface area contributed by atoms with E-state index in [1.54, 1.807) is 12.1 Å². The summed E-state index contributed by atoms with van der Waals surface area (Å²) in [6.07, 6.45) is 5.92. The Labute approximate surface area is 142 Å². The fourth-order valence-electron chi connectivity index (χ4n) is 2.26. The minimum atomic E-state index is -0.374. The number of hydrogen-bond donors (Lipinski definition) is 1. The summed E-state index contributed by atoms with van der Waals surface area (Å²) < 4.78 is 4.57. The van der Waals surface area contributed by atoms with Crippen molar-refractivity contribution >= 4 is 12.0 Å². The lowest BCUT2D eigenvalue weighted by Gasteiger charge is -2.07. The zero-order chi connectivity index (χ0) is 17.5. The maximum absolute atomic E-state index is 11.1. The van der Waals surface area contributed by atoms with Crippen molar-refractivity contribution in [3.8, 4) is 16.9 Å². The molecule has 2 rings (SSSR count). The molecule has 0 aromatic heterocycles. The molecular formula is C21H22O3. The molecule has 0 heterocycles. The van der Waals surface area contributed by atoms with Gasteiger partial charge >= 0.3 is 5.97 Å². The van der Waals surface area contributed by atoms with E-state index >= 15 is 0 Å². The summed E-state index contributed by atoms with van der Waals surface area (Å²) in [7, 11) is 1.35. The highest BCUT2D eigenvalue weighted by Crippen LogP contribution is 2.27. The maximum Gasteiger partial charge on any atom is 0.330 e. The number of ether oxygens (including phenoxy) is 1. The first-order chi connectivity index (χ1) is 11.5. The number of rotatable bonds is 5. The van der Waals surface area contributed by atoms with E-state index in [1.165, 1.54) is 18.8 Å². The SMILES string of the molecule is COC(=O)/C=C/c1ccc(-c2ccc(O)c(CC=C(C)C)c2)cc1. The molecule has 0 radical (unpaired) electrons. The molecule has 0 aliphatic carbocycles. The van der Waals surface area contributed by atoms with E-state index in [2.05, 4.69) is 10.8 Å². The maximum atomic E-state index is 11.1. The molecule has 3 nitrogen and oxygen atoms in total. The summed E-state index contributed by atoms with van der Waals surface area (Å²) in [5, 5.41) is 10.0. The van der Waals surface area contributed by atoms with Crippen molar-refractivity contribution in [3.05, 3.63) is 71.3 Å². The molecule has 0 atom stereocenters. The second-order valence-electron chi connectivity index (χ2n) is 5.81. The van der Waals surface area contributed by atoms with Crippen molar-refractivity contribution in [2.75, 3.05) is 7.11 Å². The highest BCUT2D eigenvalue weighted by atomic mass is 16.5. The van der Waals surface area contributed by atoms with Gasteiger partial charge in [-0.25, -0.2) is 4.79 Å². The zero-order valence-corrected chi connectivity index (χ0v) is 14.2. The van der Waals surface area contributed by atoms with Gasteiger partial charge in [0.15, 0.2) is 0 Å². The van der Waals surface area contributed by atoms with Gasteiger partial charge in [-0.3, -0.25) is 0 Å². The first-order valence-electron chi connectivity index (χ1n) is 7.81. The molecule has 124 valence electrons. The highest BCUT2D eigenvalue weighted by molar-refractivity contribution is 5.87. The Kier molecular flexibility index (Phi) is 5.96. The average Bonchev–Trinajstić information content (AvgIpc) is 2.59. The molecule has 0 aliphatic heterocycles. The number of allylic oxidation sites excluding steroid dienone is 2. The van der Waals surface area contributed by atoms with Crippen LogP contribution in [-0.2, 0) is 16.0 Å². The molecule has 2 aromatic carbocycles. The van der Waals surface area contributed by atoms with Crippen LogP contribution in [0.3, 0.4) is 0 Å². The molecule has 1 N–H and O–H groups in total. The predicted molar refractivity (Wildman–Crippen MR) is 97.7 cm³/mol. The highest BCUT2D eigenvalue weighted by Gasteiger charge is 2.04. The molecule has 0 saturated heterocycles. The minimum Gasteiger partial charge on any atom is -0.508 e. The van der Waals surface area contributed by atoms with Crippen LogP contribution >= 0.6 is 0 Å². The Morgan fingerprint density at radius 2 is 1.75 bits per heavy atom. The lowest BCUT2D eigenvalue weighted by Crippen LogP contribution is -1.93. The standard InChI is InChI=1S/C21H22O3/c1-15(2)4-8-19-14-18(11-12-20(19)22)17-9-5-16(6-10-17)7-13-21(23)24-3/h4-7,9-14,22H,8H2,1-3H3/b13-7+. The Bertz CT molecular complexity index is 764. The topological polar surface area (TPSA) is 46.5 Å². The van der Waals surface area contributed by atoms with E-state index in [9.17, 15) is 9.90 Å². The van der Waals surface area contributed by atoms with Crippen LogP contribution in [0, 0.1) is 0 Å². The smallest absolute Gasteiger partial charge is 0.330 e. The first kappa shape index (κ1) is 17.5. The predicted octanol–water partition coefficient (Wildman–Crippen LogP) is 4.75. The van der Waals surface area contributed by atoms with Gasteiger partial charge in [0.05, 0.1) is 7.11 Å². The van der Waals surface area contributed by atoms with Gasteiger partial charge < -0.3 is 9.84 Å². The molecule has 0 bridgehead atoms. The molecule has 0 aliphatic rings. The summed E-state index contributed by atoms with van der Waals surface area (Å²) in [5.41, 5.74) is 5.16. The Hall–Kier alpha value is -2.81. The number of aromatic hydroxyl groups is 1. The number of methoxy groups -OCH3 is 1. The van der Waals surface area contributed by atoms with Crippen LogP contribution in [0.4, 0.5) is 0 Å². The van der Waals surface area contributed by atoms with Gasteiger partial charge in [0, 0.05) is 6.08 Å². The average molecular weight is 322 g/mol. The molecule has 0 saturated carbocycles. The van der Waals surface area contributed by atoms with Crippen LogP contribution in [0.5, 0.6) is 5.75 Å². The third-order valence-electron chi connectivity index (χ3n) is 3.67. The van der Waals surface area contributed by atoms with Crippen molar-refractivity contribution in [1.29, 1.82) is 0 Å². The monoisotopic (exact) mass is 322 g/mol. The van der Waals surface area contributed by atoms with E-state index < -0.39 is 0 Å². The lowest BCUT2D eigenvalue weighted by molar-refractivity contribution is -0.134. The number of phenolic OH excluding ortho intramolecular Hbond substituents is 1. The van der Waals surface area contributed by atoms with Crippen LogP contribution in [0.2, 0.25) is 0 Å². The second kappa shape index (κ2) is 8.16. The zero-order valence-electron chi connectivity index (χ0n) is 14.2. The van der Waals surface area contributed by atoms with Gasteiger partial charge in [-0.1, -0.05) is 42.0 Å². The van der Waals surface area contributed by atoms with Crippen LogP contribution in [0.25, 0.3) is 17.2 Å². The van der Waals surface area contributed by atoms with Gasteiger partial charge in [0.1, 0.15) is 5.75 Å². The molecule has 0 fully saturated rings. The van der Waals surface area contributed by atoms with E-state index in [0.717, 1.165) is 22.3 Å². The third-order valence-corrected chi connectivity index (χ3v) is 3.67. The van der Waals surface area contributed by atoms with Gasteiger partial charge in [-0.15, -0.1) is 0 Å². The van der Waals surface area contributed by atoms with Gasteiger partial charge in [-0.2, -0.15) is 0 Å². The molecule has 3 heteroatoms. The molecule has 0 spiro atoms. The Morgan fingerprint density at radius 1 is 1.08 bits per heavy atom. The number of carbonyl (C=O) groups is 1. The van der Waals surface area contributed by atoms with Gasteiger partial charge in [0.2, 0.25) is 0 Å². The van der Waals surface area contributed by atoms with E-state index in [-0.39, 0.29) is 5.97 Å². The minimum absolute atomic E-state index is 0.314. The summed E-state index contributed by atoms with van der Waals surface area (Å²) >= 11 is 0. The van der Waals surface area contributed by atoms with Crippen molar-refractivity contribution in [2.45, 2.75) is 20.3 Å². The van der Waals surface area contributed by atoms with E-state index in [4.69, 9.17) is 0 Å². The quantitative estimate of drug-likeness (QED) is 0.491. The van der Waals surface area contributed by atoms with E-state index in [0.29, 0.717) is 12.2 Å². The Morgan fingerprint density at radius 3 is 2.38 bits per heavy atom. The van der Waals surface area contributed by atoms with Crippen LogP contribution in [0.15, 0.2) is 60.2 Å². The molecule has 2 aromatic rings. The number of hydrogen-bond acceptors (Lipinski definition) is 3. The largest absolute Gasteiger partial charge is 0.508 e. The summed E-state index contributed by atoms with van der Waals surface area (Å²) in [5.74, 6) is -0.0598. The van der Waals surface area contributed by atoms with Gasteiger partial charge in [-0.05, 0) is 60.7 Å². The second-order valence-corrected chi connectivity index (χ2v) is 5.81. The van der Waals surface area contributed by atoms with Crippen LogP contribution in [-0.4, -0.2) is 18.2 Å². The van der Waals surface area contributed by atoms with Crippen molar-refractivity contribution in [2.24, 2.45) is 0 Å². The first-order valence-corrected chi connectivity index (χ1v) is 7.81. The van der Waals surface area contributed by atoms with Gasteiger partial charge in [0.25, 0.3) is 0 Å². The summed E-state index contributed by atoms with van der Waals surface area (Å²) in [6.45, 7) is 4.09. The summed E-state index contributed by atoms with van der Waals surface area (Å²) in [6, 6.07) is 13.5. The molecule has 0 amide bonds. The number of phenols is 1. The number of carbonyl (C=O) groups excluding carboxylic acids is 1. The van der Waals surface area contributed by atoms with E-state index in [1.807, 2.05) is 50.2 Å².